The Hall–Kier alpha value is -2.68. The number of H-pyrrole nitrogens is 1. The highest BCUT2D eigenvalue weighted by Crippen LogP contribution is 2.27. The Morgan fingerprint density at radius 2 is 2.07 bits per heavy atom. The number of carbonyl (C=O) groups excluding carboxylic acids is 1. The molecule has 148 valence electrons. The fourth-order valence-corrected chi connectivity index (χ4v) is 5.52. The first-order valence-electron chi connectivity index (χ1n) is 9.27. The normalized spacial score (nSPS) is 19.8. The molecule has 0 radical (unpaired) electrons. The van der Waals surface area contributed by atoms with Gasteiger partial charge in [-0.25, -0.2) is 13.4 Å². The van der Waals surface area contributed by atoms with Crippen molar-refractivity contribution >= 4 is 26.8 Å². The van der Waals surface area contributed by atoms with Crippen molar-refractivity contribution < 1.29 is 13.2 Å². The molecule has 2 aromatic heterocycles. The molecule has 0 bridgehead atoms. The molecule has 1 saturated heterocycles. The predicted octanol–water partition coefficient (Wildman–Crippen LogP) is 2.23. The smallest absolute Gasteiger partial charge is 0.255 e. The third-order valence-electron chi connectivity index (χ3n) is 5.27. The highest BCUT2D eigenvalue weighted by atomic mass is 32.2. The molecule has 2 unspecified atom stereocenters. The van der Waals surface area contributed by atoms with E-state index in [4.69, 9.17) is 0 Å². The number of aromatic nitrogens is 4. The van der Waals surface area contributed by atoms with E-state index in [0.717, 1.165) is 11.0 Å². The van der Waals surface area contributed by atoms with Gasteiger partial charge in [-0.05, 0) is 39.3 Å². The van der Waals surface area contributed by atoms with Gasteiger partial charge in [-0.3, -0.25) is 9.48 Å². The van der Waals surface area contributed by atoms with Crippen molar-refractivity contribution in [1.82, 2.24) is 25.1 Å². The zero-order valence-electron chi connectivity index (χ0n) is 16.1. The van der Waals surface area contributed by atoms with Gasteiger partial charge < -0.3 is 10.3 Å². The van der Waals surface area contributed by atoms with Gasteiger partial charge in [0.15, 0.2) is 9.84 Å². The first kappa shape index (κ1) is 18.7. The lowest BCUT2D eigenvalue weighted by molar-refractivity contribution is 0.0937. The van der Waals surface area contributed by atoms with Gasteiger partial charge in [-0.2, -0.15) is 5.10 Å². The Morgan fingerprint density at radius 1 is 1.32 bits per heavy atom. The standard InChI is InChI=1S/C19H23N5O3S/c1-11-17(13(3)24(23-11)14-8-9-28(26,27)10-14)19(25)20-12(2)18-21-15-6-4-5-7-16(15)22-18/h4-7,12,14H,8-10H2,1-3H3,(H,20,25)(H,21,22). The molecular weight excluding hydrogens is 378 g/mol. The van der Waals surface area contributed by atoms with Crippen molar-refractivity contribution in [2.45, 2.75) is 39.3 Å². The molecule has 3 aromatic rings. The van der Waals surface area contributed by atoms with Crippen LogP contribution in [0, 0.1) is 13.8 Å². The number of para-hydroxylation sites is 2. The van der Waals surface area contributed by atoms with Crippen LogP contribution < -0.4 is 5.32 Å². The first-order valence-corrected chi connectivity index (χ1v) is 11.1. The SMILES string of the molecule is Cc1nn(C2CCS(=O)(=O)C2)c(C)c1C(=O)NC(C)c1nc2ccccc2[nH]1. The summed E-state index contributed by atoms with van der Waals surface area (Å²) in [5.74, 6) is 0.681. The van der Waals surface area contributed by atoms with E-state index in [1.165, 1.54) is 0 Å². The molecule has 1 fully saturated rings. The first-order chi connectivity index (χ1) is 13.2. The second kappa shape index (κ2) is 6.73. The maximum absolute atomic E-state index is 12.9. The lowest BCUT2D eigenvalue weighted by Crippen LogP contribution is -2.28. The molecule has 0 spiro atoms. The van der Waals surface area contributed by atoms with Crippen molar-refractivity contribution in [1.29, 1.82) is 0 Å². The van der Waals surface area contributed by atoms with Crippen molar-refractivity contribution in [3.63, 3.8) is 0 Å². The van der Waals surface area contributed by atoms with Crippen LogP contribution in [0.5, 0.6) is 0 Å². The van der Waals surface area contributed by atoms with Crippen LogP contribution in [0.1, 0.15) is 53.0 Å². The van der Waals surface area contributed by atoms with E-state index in [-0.39, 0.29) is 29.5 Å². The third kappa shape index (κ3) is 3.30. The van der Waals surface area contributed by atoms with E-state index in [9.17, 15) is 13.2 Å². The van der Waals surface area contributed by atoms with Crippen LogP contribution in [0.3, 0.4) is 0 Å². The number of nitrogens with zero attached hydrogens (tertiary/aromatic N) is 3. The van der Waals surface area contributed by atoms with Crippen molar-refractivity contribution in [2.75, 3.05) is 11.5 Å². The lowest BCUT2D eigenvalue weighted by Gasteiger charge is -2.13. The molecule has 9 heteroatoms. The summed E-state index contributed by atoms with van der Waals surface area (Å²) in [6.07, 6.45) is 0.529. The zero-order valence-corrected chi connectivity index (χ0v) is 16.9. The molecule has 3 heterocycles. The number of amides is 1. The van der Waals surface area contributed by atoms with E-state index >= 15 is 0 Å². The highest BCUT2D eigenvalue weighted by Gasteiger charge is 2.32. The van der Waals surface area contributed by atoms with Gasteiger partial charge in [-0.1, -0.05) is 12.1 Å². The summed E-state index contributed by atoms with van der Waals surface area (Å²) in [7, 11) is -3.03. The van der Waals surface area contributed by atoms with Gasteiger partial charge >= 0.3 is 0 Å². The van der Waals surface area contributed by atoms with E-state index in [2.05, 4.69) is 20.4 Å². The number of imidazole rings is 1. The second-order valence-corrected chi connectivity index (χ2v) is 9.61. The quantitative estimate of drug-likeness (QED) is 0.697. The number of rotatable bonds is 4. The van der Waals surface area contributed by atoms with Crippen molar-refractivity contribution in [3.8, 4) is 0 Å². The van der Waals surface area contributed by atoms with Crippen LogP contribution in [-0.4, -0.2) is 45.6 Å². The minimum Gasteiger partial charge on any atom is -0.342 e. The summed E-state index contributed by atoms with van der Waals surface area (Å²) in [4.78, 5) is 20.7. The average molecular weight is 401 g/mol. The molecular formula is C19H23N5O3S. The van der Waals surface area contributed by atoms with E-state index < -0.39 is 9.84 Å². The largest absolute Gasteiger partial charge is 0.342 e. The number of benzene rings is 1. The fourth-order valence-electron chi connectivity index (χ4n) is 3.83. The molecule has 1 aliphatic heterocycles. The molecule has 4 rings (SSSR count). The molecule has 1 aromatic carbocycles. The summed E-state index contributed by atoms with van der Waals surface area (Å²) in [5.41, 5.74) is 3.54. The van der Waals surface area contributed by atoms with Crippen LogP contribution in [0.15, 0.2) is 24.3 Å². The summed E-state index contributed by atoms with van der Waals surface area (Å²) >= 11 is 0. The maximum atomic E-state index is 12.9. The Kier molecular flexibility index (Phi) is 4.49. The van der Waals surface area contributed by atoms with Gasteiger partial charge in [0, 0.05) is 5.69 Å². The molecule has 1 aliphatic rings. The van der Waals surface area contributed by atoms with Crippen LogP contribution in [0.4, 0.5) is 0 Å². The third-order valence-corrected chi connectivity index (χ3v) is 7.02. The van der Waals surface area contributed by atoms with E-state index in [1.54, 1.807) is 11.6 Å². The van der Waals surface area contributed by atoms with Crippen LogP contribution in [0.2, 0.25) is 0 Å². The Morgan fingerprint density at radius 3 is 2.75 bits per heavy atom. The minimum absolute atomic E-state index is 0.0748. The van der Waals surface area contributed by atoms with Crippen LogP contribution in [0.25, 0.3) is 11.0 Å². The number of hydrogen-bond donors (Lipinski definition) is 2. The van der Waals surface area contributed by atoms with Gasteiger partial charge in [-0.15, -0.1) is 0 Å². The van der Waals surface area contributed by atoms with Gasteiger partial charge in [0.25, 0.3) is 5.91 Å². The summed E-state index contributed by atoms with van der Waals surface area (Å²) < 4.78 is 25.3. The number of aromatic amines is 1. The van der Waals surface area contributed by atoms with Crippen LogP contribution in [-0.2, 0) is 9.84 Å². The monoisotopic (exact) mass is 401 g/mol. The van der Waals surface area contributed by atoms with Crippen LogP contribution >= 0.6 is 0 Å². The molecule has 8 nitrogen and oxygen atoms in total. The number of nitrogens with one attached hydrogen (secondary N) is 2. The van der Waals surface area contributed by atoms with E-state index in [0.29, 0.717) is 29.2 Å². The van der Waals surface area contributed by atoms with Gasteiger partial charge in [0.05, 0.1) is 45.9 Å². The zero-order chi connectivity index (χ0) is 20.1. The summed E-state index contributed by atoms with van der Waals surface area (Å²) in [6, 6.07) is 7.18. The molecule has 0 aliphatic carbocycles. The second-order valence-electron chi connectivity index (χ2n) is 7.38. The van der Waals surface area contributed by atoms with Gasteiger partial charge in [0.1, 0.15) is 5.82 Å². The molecule has 2 atom stereocenters. The maximum Gasteiger partial charge on any atom is 0.255 e. The predicted molar refractivity (Wildman–Crippen MR) is 106 cm³/mol. The number of sulfone groups is 1. The average Bonchev–Trinajstić information content (AvgIpc) is 3.29. The fraction of sp³-hybridized carbons (Fsp3) is 0.421. The number of hydrogen-bond acceptors (Lipinski definition) is 5. The number of carbonyl (C=O) groups is 1. The number of fused-ring (bicyclic) bond motifs is 1. The van der Waals surface area contributed by atoms with E-state index in [1.807, 2.05) is 38.1 Å². The Balaban J connectivity index is 1.56. The minimum atomic E-state index is -3.03. The molecule has 0 saturated carbocycles. The lowest BCUT2D eigenvalue weighted by atomic mass is 10.1. The highest BCUT2D eigenvalue weighted by molar-refractivity contribution is 7.91. The topological polar surface area (TPSA) is 110 Å². The molecule has 28 heavy (non-hydrogen) atoms. The Labute approximate surface area is 163 Å². The van der Waals surface area contributed by atoms with Crippen molar-refractivity contribution in [2.24, 2.45) is 0 Å². The van der Waals surface area contributed by atoms with Gasteiger partial charge in [0.2, 0.25) is 0 Å². The summed E-state index contributed by atoms with van der Waals surface area (Å²) in [6.45, 7) is 5.45. The number of aryl methyl sites for hydroxylation is 1. The van der Waals surface area contributed by atoms with Crippen molar-refractivity contribution in [3.05, 3.63) is 47.0 Å². The molecule has 1 amide bonds. The Bertz CT molecular complexity index is 1130. The summed E-state index contributed by atoms with van der Waals surface area (Å²) in [5, 5.41) is 7.43. The molecule has 2 N–H and O–H groups in total.